The van der Waals surface area contributed by atoms with Crippen LogP contribution in [0.15, 0.2) is 71.6 Å². The standard InChI is InChI=1S/C24H21N3O5S/c1-16(28)18-6-11-21(12-7-18)27(2)33(30,31)23-14-19(8-13-22(23)32-3)24(29)26-20-9-4-17(15-25)5-10-20/h4-14H,1-3H3,(H,26,29). The fourth-order valence-electron chi connectivity index (χ4n) is 3.04. The normalized spacial score (nSPS) is 10.7. The number of benzene rings is 3. The number of nitrogens with one attached hydrogen (secondary N) is 1. The minimum Gasteiger partial charge on any atom is -0.495 e. The summed E-state index contributed by atoms with van der Waals surface area (Å²) in [5.74, 6) is -0.570. The second-order valence-electron chi connectivity index (χ2n) is 7.08. The second-order valence-corrected chi connectivity index (χ2v) is 9.02. The number of rotatable bonds is 7. The maximum absolute atomic E-state index is 13.4. The molecule has 9 heteroatoms. The van der Waals surface area contributed by atoms with Gasteiger partial charge in [0.25, 0.3) is 15.9 Å². The van der Waals surface area contributed by atoms with Crippen molar-refractivity contribution < 1.29 is 22.7 Å². The number of ketones is 1. The highest BCUT2D eigenvalue weighted by molar-refractivity contribution is 7.93. The van der Waals surface area contributed by atoms with E-state index in [2.05, 4.69) is 5.32 Å². The number of ether oxygens (including phenoxy) is 1. The molecule has 0 radical (unpaired) electrons. The summed E-state index contributed by atoms with van der Waals surface area (Å²) < 4.78 is 33.0. The molecule has 1 N–H and O–H groups in total. The summed E-state index contributed by atoms with van der Waals surface area (Å²) in [5.41, 5.74) is 1.82. The van der Waals surface area contributed by atoms with Crippen molar-refractivity contribution in [2.24, 2.45) is 0 Å². The van der Waals surface area contributed by atoms with Gasteiger partial charge in [-0.05, 0) is 73.7 Å². The predicted octanol–water partition coefficient (Wildman–Crippen LogP) is 3.85. The van der Waals surface area contributed by atoms with E-state index >= 15 is 0 Å². The SMILES string of the molecule is COc1ccc(C(=O)Nc2ccc(C#N)cc2)cc1S(=O)(=O)N(C)c1ccc(C(C)=O)cc1. The van der Waals surface area contributed by atoms with Crippen molar-refractivity contribution in [3.8, 4) is 11.8 Å². The third kappa shape index (κ3) is 5.02. The number of carbonyl (C=O) groups is 2. The minimum atomic E-state index is -4.10. The Morgan fingerprint density at radius 1 is 0.970 bits per heavy atom. The van der Waals surface area contributed by atoms with Gasteiger partial charge in [0.05, 0.1) is 24.4 Å². The smallest absolute Gasteiger partial charge is 0.267 e. The third-order valence-electron chi connectivity index (χ3n) is 4.97. The van der Waals surface area contributed by atoms with Gasteiger partial charge in [-0.25, -0.2) is 8.42 Å². The van der Waals surface area contributed by atoms with Crippen molar-refractivity contribution in [3.05, 3.63) is 83.4 Å². The zero-order chi connectivity index (χ0) is 24.2. The van der Waals surface area contributed by atoms with Crippen LogP contribution in [0.4, 0.5) is 11.4 Å². The fourth-order valence-corrected chi connectivity index (χ4v) is 4.42. The van der Waals surface area contributed by atoms with E-state index in [1.807, 2.05) is 6.07 Å². The summed E-state index contributed by atoms with van der Waals surface area (Å²) in [7, 11) is -1.38. The predicted molar refractivity (Wildman–Crippen MR) is 124 cm³/mol. The number of amides is 1. The number of Topliss-reactive ketones (excluding diaryl/α,β-unsaturated/α-hetero) is 1. The van der Waals surface area contributed by atoms with Gasteiger partial charge in [-0.1, -0.05) is 0 Å². The summed E-state index contributed by atoms with van der Waals surface area (Å²) in [6, 6.07) is 18.5. The first kappa shape index (κ1) is 23.5. The van der Waals surface area contributed by atoms with Gasteiger partial charge >= 0.3 is 0 Å². The summed E-state index contributed by atoms with van der Waals surface area (Å²) in [6.45, 7) is 1.43. The highest BCUT2D eigenvalue weighted by Gasteiger charge is 2.27. The van der Waals surface area contributed by atoms with Gasteiger partial charge in [-0.15, -0.1) is 0 Å². The van der Waals surface area contributed by atoms with Crippen LogP contribution < -0.4 is 14.4 Å². The Morgan fingerprint density at radius 3 is 2.12 bits per heavy atom. The molecule has 0 saturated heterocycles. The number of nitriles is 1. The van der Waals surface area contributed by atoms with E-state index < -0.39 is 15.9 Å². The molecule has 0 atom stereocenters. The van der Waals surface area contributed by atoms with Gasteiger partial charge in [0.15, 0.2) is 5.78 Å². The van der Waals surface area contributed by atoms with E-state index in [0.717, 1.165) is 4.31 Å². The molecule has 3 aromatic rings. The van der Waals surface area contributed by atoms with Crippen molar-refractivity contribution in [1.82, 2.24) is 0 Å². The zero-order valence-electron chi connectivity index (χ0n) is 18.2. The van der Waals surface area contributed by atoms with Crippen LogP contribution in [0.5, 0.6) is 5.75 Å². The topological polar surface area (TPSA) is 117 Å². The molecule has 0 bridgehead atoms. The van der Waals surface area contributed by atoms with Crippen LogP contribution in [0, 0.1) is 11.3 Å². The largest absolute Gasteiger partial charge is 0.495 e. The average molecular weight is 464 g/mol. The molecule has 0 aliphatic heterocycles. The molecular formula is C24H21N3O5S. The quantitative estimate of drug-likeness (QED) is 0.532. The van der Waals surface area contributed by atoms with Crippen LogP contribution in [-0.4, -0.2) is 34.3 Å². The molecule has 3 rings (SSSR count). The first-order chi connectivity index (χ1) is 15.7. The van der Waals surface area contributed by atoms with Gasteiger partial charge in [-0.3, -0.25) is 13.9 Å². The highest BCUT2D eigenvalue weighted by Crippen LogP contribution is 2.30. The Kier molecular flexibility index (Phi) is 6.80. The van der Waals surface area contributed by atoms with E-state index in [9.17, 15) is 18.0 Å². The molecule has 0 unspecified atom stereocenters. The molecule has 0 aliphatic rings. The van der Waals surface area contributed by atoms with Crippen LogP contribution in [0.1, 0.15) is 33.2 Å². The number of hydrogen-bond donors (Lipinski definition) is 1. The van der Waals surface area contributed by atoms with Gasteiger partial charge in [0.1, 0.15) is 10.6 Å². The number of anilines is 2. The van der Waals surface area contributed by atoms with Crippen LogP contribution in [0.2, 0.25) is 0 Å². The summed E-state index contributed by atoms with van der Waals surface area (Å²) in [4.78, 5) is 24.0. The van der Waals surface area contributed by atoms with E-state index in [1.165, 1.54) is 51.4 Å². The number of carbonyl (C=O) groups excluding carboxylic acids is 2. The van der Waals surface area contributed by atoms with E-state index in [4.69, 9.17) is 10.00 Å². The highest BCUT2D eigenvalue weighted by atomic mass is 32.2. The Hall–Kier alpha value is -4.16. The maximum Gasteiger partial charge on any atom is 0.267 e. The van der Waals surface area contributed by atoms with Crippen LogP contribution in [-0.2, 0) is 10.0 Å². The molecule has 0 fully saturated rings. The van der Waals surface area contributed by atoms with Gasteiger partial charge in [0.2, 0.25) is 0 Å². The van der Waals surface area contributed by atoms with Crippen molar-refractivity contribution in [2.75, 3.05) is 23.8 Å². The van der Waals surface area contributed by atoms with Gasteiger partial charge in [0, 0.05) is 23.9 Å². The zero-order valence-corrected chi connectivity index (χ0v) is 19.0. The molecule has 0 aromatic heterocycles. The molecule has 8 nitrogen and oxygen atoms in total. The summed E-state index contributed by atoms with van der Waals surface area (Å²) in [5, 5.41) is 11.6. The lowest BCUT2D eigenvalue weighted by atomic mass is 10.1. The molecule has 3 aromatic carbocycles. The number of sulfonamides is 1. The summed E-state index contributed by atoms with van der Waals surface area (Å²) >= 11 is 0. The van der Waals surface area contributed by atoms with Crippen LogP contribution >= 0.6 is 0 Å². The molecular weight excluding hydrogens is 442 g/mol. The maximum atomic E-state index is 13.4. The molecule has 0 heterocycles. The van der Waals surface area contributed by atoms with E-state index in [0.29, 0.717) is 22.5 Å². The average Bonchev–Trinajstić information content (AvgIpc) is 2.83. The molecule has 33 heavy (non-hydrogen) atoms. The first-order valence-electron chi connectivity index (χ1n) is 9.77. The van der Waals surface area contributed by atoms with E-state index in [1.54, 1.807) is 36.4 Å². The number of hydrogen-bond acceptors (Lipinski definition) is 6. The molecule has 0 spiro atoms. The molecule has 168 valence electrons. The van der Waals surface area contributed by atoms with Gasteiger partial charge < -0.3 is 10.1 Å². The monoisotopic (exact) mass is 463 g/mol. The van der Waals surface area contributed by atoms with Crippen LogP contribution in [0.3, 0.4) is 0 Å². The molecule has 0 saturated carbocycles. The summed E-state index contributed by atoms with van der Waals surface area (Å²) in [6.07, 6.45) is 0. The Bertz CT molecular complexity index is 1340. The van der Waals surface area contributed by atoms with Gasteiger partial charge in [-0.2, -0.15) is 5.26 Å². The lowest BCUT2D eigenvalue weighted by molar-refractivity contribution is 0.101. The minimum absolute atomic E-state index is 0.0807. The van der Waals surface area contributed by atoms with Crippen molar-refractivity contribution in [1.29, 1.82) is 5.26 Å². The first-order valence-corrected chi connectivity index (χ1v) is 11.2. The fraction of sp³-hybridized carbons (Fsp3) is 0.125. The van der Waals surface area contributed by atoms with E-state index in [-0.39, 0.29) is 22.0 Å². The lowest BCUT2D eigenvalue weighted by Crippen LogP contribution is -2.27. The lowest BCUT2D eigenvalue weighted by Gasteiger charge is -2.21. The Labute approximate surface area is 192 Å². The molecule has 1 amide bonds. The van der Waals surface area contributed by atoms with Crippen molar-refractivity contribution in [2.45, 2.75) is 11.8 Å². The molecule has 0 aliphatic carbocycles. The Morgan fingerprint density at radius 2 is 1.58 bits per heavy atom. The van der Waals surface area contributed by atoms with Crippen molar-refractivity contribution in [3.63, 3.8) is 0 Å². The second kappa shape index (κ2) is 9.54. The van der Waals surface area contributed by atoms with Crippen LogP contribution in [0.25, 0.3) is 0 Å². The Balaban J connectivity index is 1.93. The van der Waals surface area contributed by atoms with Crippen molar-refractivity contribution >= 4 is 33.1 Å². The number of nitrogens with zero attached hydrogens (tertiary/aromatic N) is 2. The number of methoxy groups -OCH3 is 1. The third-order valence-corrected chi connectivity index (χ3v) is 6.78.